The lowest BCUT2D eigenvalue weighted by Crippen LogP contribution is -2.56. The third-order valence-corrected chi connectivity index (χ3v) is 2.92. The molecular formula is C11H18N2O2S. The Morgan fingerprint density at radius 3 is 2.50 bits per heavy atom. The maximum Gasteiger partial charge on any atom is 0.238 e. The maximum atomic E-state index is 11.8. The Bertz CT molecular complexity index is 295. The molecule has 0 spiro atoms. The highest BCUT2D eigenvalue weighted by atomic mass is 32.1. The molecule has 90 valence electrons. The average molecular weight is 242 g/mol. The van der Waals surface area contributed by atoms with E-state index in [1.807, 2.05) is 6.92 Å². The van der Waals surface area contributed by atoms with E-state index < -0.39 is 0 Å². The molecule has 0 radical (unpaired) electrons. The van der Waals surface area contributed by atoms with Crippen molar-refractivity contribution in [2.75, 3.05) is 0 Å². The summed E-state index contributed by atoms with van der Waals surface area (Å²) in [7, 11) is 0. The van der Waals surface area contributed by atoms with Crippen LogP contribution in [0.25, 0.3) is 0 Å². The van der Waals surface area contributed by atoms with Crippen LogP contribution in [0.5, 0.6) is 0 Å². The molecule has 0 aromatic carbocycles. The molecule has 1 aliphatic heterocycles. The minimum absolute atomic E-state index is 0.0886. The number of thiocarbonyl (C=S) groups is 1. The van der Waals surface area contributed by atoms with Gasteiger partial charge in [0.25, 0.3) is 0 Å². The van der Waals surface area contributed by atoms with E-state index >= 15 is 0 Å². The van der Waals surface area contributed by atoms with E-state index in [0.717, 1.165) is 12.8 Å². The Morgan fingerprint density at radius 1 is 1.44 bits per heavy atom. The summed E-state index contributed by atoms with van der Waals surface area (Å²) in [4.78, 5) is 24.5. The molecule has 1 unspecified atom stereocenters. The van der Waals surface area contributed by atoms with Crippen molar-refractivity contribution < 1.29 is 9.59 Å². The monoisotopic (exact) mass is 242 g/mol. The van der Waals surface area contributed by atoms with Gasteiger partial charge in [0.15, 0.2) is 5.11 Å². The Hall–Kier alpha value is -0.970. The molecule has 16 heavy (non-hydrogen) atoms. The molecule has 1 rings (SSSR count). The van der Waals surface area contributed by atoms with Crippen molar-refractivity contribution >= 4 is 29.1 Å². The fraction of sp³-hybridized carbons (Fsp3) is 0.727. The van der Waals surface area contributed by atoms with Crippen molar-refractivity contribution in [2.45, 2.75) is 46.1 Å². The first-order valence-corrected chi connectivity index (χ1v) is 6.02. The second kappa shape index (κ2) is 5.39. The number of nitrogens with zero attached hydrogens (tertiary/aromatic N) is 1. The van der Waals surface area contributed by atoms with E-state index in [2.05, 4.69) is 19.2 Å². The Balaban J connectivity index is 2.79. The molecule has 0 aromatic rings. The summed E-state index contributed by atoms with van der Waals surface area (Å²) >= 11 is 5.05. The van der Waals surface area contributed by atoms with Crippen molar-refractivity contribution in [3.63, 3.8) is 0 Å². The molecule has 1 saturated heterocycles. The highest BCUT2D eigenvalue weighted by molar-refractivity contribution is 7.80. The SMILES string of the molecule is CCC(CC(C)C)N1C(=O)CC(=O)NC1=S. The fourth-order valence-corrected chi connectivity index (χ4v) is 2.29. The summed E-state index contributed by atoms with van der Waals surface area (Å²) in [6.07, 6.45) is 1.66. The zero-order chi connectivity index (χ0) is 12.3. The Labute approximate surface area is 101 Å². The number of carbonyl (C=O) groups excluding carboxylic acids is 2. The number of hydrogen-bond acceptors (Lipinski definition) is 3. The standard InChI is InChI=1S/C11H18N2O2S/c1-4-8(5-7(2)3)13-10(15)6-9(14)12-11(13)16/h7-8H,4-6H2,1-3H3,(H,12,14,16). The Morgan fingerprint density at radius 2 is 2.06 bits per heavy atom. The van der Waals surface area contributed by atoms with Crippen molar-refractivity contribution in [1.82, 2.24) is 10.2 Å². The lowest BCUT2D eigenvalue weighted by Gasteiger charge is -2.35. The van der Waals surface area contributed by atoms with Gasteiger partial charge in [-0.05, 0) is 31.0 Å². The predicted molar refractivity (Wildman–Crippen MR) is 65.7 cm³/mol. The normalized spacial score (nSPS) is 19.0. The number of hydrogen-bond donors (Lipinski definition) is 1. The smallest absolute Gasteiger partial charge is 0.238 e. The van der Waals surface area contributed by atoms with E-state index in [1.54, 1.807) is 4.90 Å². The van der Waals surface area contributed by atoms with Crippen LogP contribution in [0.15, 0.2) is 0 Å². The van der Waals surface area contributed by atoms with Gasteiger partial charge in [0.1, 0.15) is 6.42 Å². The van der Waals surface area contributed by atoms with Crippen LogP contribution in [0.3, 0.4) is 0 Å². The average Bonchev–Trinajstić information content (AvgIpc) is 2.13. The molecule has 0 bridgehead atoms. The van der Waals surface area contributed by atoms with Crippen LogP contribution >= 0.6 is 12.2 Å². The van der Waals surface area contributed by atoms with Gasteiger partial charge in [-0.3, -0.25) is 14.5 Å². The van der Waals surface area contributed by atoms with Gasteiger partial charge in [0, 0.05) is 6.04 Å². The van der Waals surface area contributed by atoms with Crippen LogP contribution in [-0.4, -0.2) is 27.9 Å². The number of nitrogens with one attached hydrogen (secondary N) is 1. The minimum atomic E-state index is -0.300. The molecule has 2 amide bonds. The molecule has 1 atom stereocenters. The summed E-state index contributed by atoms with van der Waals surface area (Å²) in [5.74, 6) is 0.0186. The van der Waals surface area contributed by atoms with E-state index in [4.69, 9.17) is 12.2 Å². The second-order valence-corrected chi connectivity index (χ2v) is 4.87. The molecule has 1 N–H and O–H groups in total. The number of carbonyl (C=O) groups is 2. The predicted octanol–water partition coefficient (Wildman–Crippen LogP) is 1.44. The van der Waals surface area contributed by atoms with Crippen molar-refractivity contribution in [1.29, 1.82) is 0 Å². The third-order valence-electron chi connectivity index (χ3n) is 2.63. The second-order valence-electron chi connectivity index (χ2n) is 4.49. The lowest BCUT2D eigenvalue weighted by atomic mass is 10.00. The molecule has 0 saturated carbocycles. The fourth-order valence-electron chi connectivity index (χ4n) is 1.93. The lowest BCUT2D eigenvalue weighted by molar-refractivity contribution is -0.136. The Kier molecular flexibility index (Phi) is 4.41. The van der Waals surface area contributed by atoms with E-state index in [0.29, 0.717) is 5.92 Å². The zero-order valence-corrected chi connectivity index (χ0v) is 10.8. The number of amides is 2. The molecule has 0 aromatic heterocycles. The van der Waals surface area contributed by atoms with E-state index in [1.165, 1.54) is 0 Å². The first kappa shape index (κ1) is 13.1. The maximum absolute atomic E-state index is 11.8. The van der Waals surface area contributed by atoms with Gasteiger partial charge in [-0.1, -0.05) is 20.8 Å². The van der Waals surface area contributed by atoms with Gasteiger partial charge >= 0.3 is 0 Å². The van der Waals surface area contributed by atoms with Gasteiger partial charge in [0.05, 0.1) is 0 Å². The summed E-state index contributed by atoms with van der Waals surface area (Å²) in [5, 5.41) is 2.80. The molecule has 1 heterocycles. The third kappa shape index (κ3) is 3.01. The van der Waals surface area contributed by atoms with Crippen LogP contribution in [0.1, 0.15) is 40.0 Å². The van der Waals surface area contributed by atoms with Crippen LogP contribution in [0.2, 0.25) is 0 Å². The van der Waals surface area contributed by atoms with Gasteiger partial charge in [0.2, 0.25) is 11.8 Å². The zero-order valence-electron chi connectivity index (χ0n) is 9.95. The first-order valence-electron chi connectivity index (χ1n) is 5.61. The quantitative estimate of drug-likeness (QED) is 0.599. The number of rotatable bonds is 4. The molecule has 0 aliphatic carbocycles. The van der Waals surface area contributed by atoms with Crippen molar-refractivity contribution in [3.8, 4) is 0 Å². The summed E-state index contributed by atoms with van der Waals surface area (Å²) in [5.41, 5.74) is 0. The van der Waals surface area contributed by atoms with Crippen molar-refractivity contribution in [2.24, 2.45) is 5.92 Å². The first-order chi connectivity index (χ1) is 7.45. The molecule has 5 heteroatoms. The largest absolute Gasteiger partial charge is 0.302 e. The highest BCUT2D eigenvalue weighted by Gasteiger charge is 2.32. The van der Waals surface area contributed by atoms with Crippen LogP contribution in [0.4, 0.5) is 0 Å². The van der Waals surface area contributed by atoms with Gasteiger partial charge in [-0.15, -0.1) is 0 Å². The van der Waals surface area contributed by atoms with E-state index in [9.17, 15) is 9.59 Å². The summed E-state index contributed by atoms with van der Waals surface area (Å²) in [6.45, 7) is 6.25. The molecule has 4 nitrogen and oxygen atoms in total. The van der Waals surface area contributed by atoms with Gasteiger partial charge in [-0.25, -0.2) is 0 Å². The summed E-state index contributed by atoms with van der Waals surface area (Å²) < 4.78 is 0. The van der Waals surface area contributed by atoms with Crippen molar-refractivity contribution in [3.05, 3.63) is 0 Å². The van der Waals surface area contributed by atoms with E-state index in [-0.39, 0.29) is 29.4 Å². The van der Waals surface area contributed by atoms with Crippen LogP contribution < -0.4 is 5.32 Å². The topological polar surface area (TPSA) is 49.4 Å². The summed E-state index contributed by atoms with van der Waals surface area (Å²) in [6, 6.07) is 0.0978. The molecule has 1 aliphatic rings. The van der Waals surface area contributed by atoms with Gasteiger partial charge < -0.3 is 5.32 Å². The molecular weight excluding hydrogens is 224 g/mol. The molecule has 1 fully saturated rings. The highest BCUT2D eigenvalue weighted by Crippen LogP contribution is 2.18. The van der Waals surface area contributed by atoms with Crippen LogP contribution in [-0.2, 0) is 9.59 Å². The van der Waals surface area contributed by atoms with Crippen LogP contribution in [0, 0.1) is 5.92 Å². The van der Waals surface area contributed by atoms with Gasteiger partial charge in [-0.2, -0.15) is 0 Å². The minimum Gasteiger partial charge on any atom is -0.302 e.